The van der Waals surface area contributed by atoms with Crippen LogP contribution in [0.2, 0.25) is 0 Å². The van der Waals surface area contributed by atoms with Gasteiger partial charge >= 0.3 is 0 Å². The van der Waals surface area contributed by atoms with Crippen molar-refractivity contribution >= 4 is 11.6 Å². The van der Waals surface area contributed by atoms with Gasteiger partial charge in [-0.15, -0.1) is 0 Å². The number of hydrogen-bond acceptors (Lipinski definition) is 3. The highest BCUT2D eigenvalue weighted by Gasteiger charge is 2.44. The van der Waals surface area contributed by atoms with Crippen molar-refractivity contribution in [1.82, 2.24) is 0 Å². The van der Waals surface area contributed by atoms with Crippen molar-refractivity contribution in [2.24, 2.45) is 5.41 Å². The zero-order valence-corrected chi connectivity index (χ0v) is 11.5. The Kier molecular flexibility index (Phi) is 3.48. The van der Waals surface area contributed by atoms with Gasteiger partial charge in [-0.2, -0.15) is 5.26 Å². The van der Waals surface area contributed by atoms with Crippen molar-refractivity contribution < 1.29 is 9.53 Å². The second-order valence-corrected chi connectivity index (χ2v) is 5.07. The average molecular weight is 258 g/mol. The number of benzene rings is 1. The van der Waals surface area contributed by atoms with Gasteiger partial charge in [0.25, 0.3) is 0 Å². The Hall–Kier alpha value is -2.02. The van der Waals surface area contributed by atoms with Crippen LogP contribution in [0.4, 0.5) is 5.69 Å². The smallest absolute Gasteiger partial charge is 0.244 e. The van der Waals surface area contributed by atoms with Gasteiger partial charge in [-0.25, -0.2) is 0 Å². The Morgan fingerprint density at radius 3 is 2.53 bits per heavy atom. The van der Waals surface area contributed by atoms with Crippen molar-refractivity contribution in [2.75, 3.05) is 12.4 Å². The molecule has 0 unspecified atom stereocenters. The molecule has 100 valence electrons. The molecule has 4 nitrogen and oxygen atoms in total. The molecule has 1 aliphatic rings. The number of anilines is 1. The van der Waals surface area contributed by atoms with Gasteiger partial charge in [0, 0.05) is 5.69 Å². The van der Waals surface area contributed by atoms with E-state index in [0.717, 1.165) is 29.0 Å². The first-order valence-electron chi connectivity index (χ1n) is 6.41. The van der Waals surface area contributed by atoms with Crippen LogP contribution in [0.25, 0.3) is 0 Å². The van der Waals surface area contributed by atoms with Crippen molar-refractivity contribution in [1.29, 1.82) is 5.26 Å². The Labute approximate surface area is 113 Å². The normalized spacial score (nSPS) is 16.1. The molecule has 0 spiro atoms. The molecule has 19 heavy (non-hydrogen) atoms. The van der Waals surface area contributed by atoms with Gasteiger partial charge in [-0.1, -0.05) is 0 Å². The molecule has 0 bridgehead atoms. The molecule has 0 heterocycles. The van der Waals surface area contributed by atoms with E-state index >= 15 is 0 Å². The number of carbonyl (C=O) groups excluding carboxylic acids is 1. The zero-order valence-electron chi connectivity index (χ0n) is 11.5. The van der Waals surface area contributed by atoms with Gasteiger partial charge in [0.05, 0.1) is 13.2 Å². The third-order valence-corrected chi connectivity index (χ3v) is 4.06. The molecule has 1 N–H and O–H groups in total. The number of rotatable bonds is 3. The van der Waals surface area contributed by atoms with E-state index in [1.165, 1.54) is 0 Å². The Morgan fingerprint density at radius 1 is 1.37 bits per heavy atom. The number of nitriles is 1. The van der Waals surface area contributed by atoms with Crippen LogP contribution in [0.5, 0.6) is 5.75 Å². The molecule has 0 saturated heterocycles. The molecule has 1 fully saturated rings. The number of amides is 1. The third kappa shape index (κ3) is 2.17. The van der Waals surface area contributed by atoms with Crippen LogP contribution in [-0.4, -0.2) is 13.0 Å². The number of methoxy groups -OCH3 is 1. The summed E-state index contributed by atoms with van der Waals surface area (Å²) in [4.78, 5) is 12.2. The third-order valence-electron chi connectivity index (χ3n) is 4.06. The van der Waals surface area contributed by atoms with Crippen LogP contribution in [0, 0.1) is 30.6 Å². The molecular formula is C15H18N2O2. The summed E-state index contributed by atoms with van der Waals surface area (Å²) in [6, 6.07) is 5.81. The van der Waals surface area contributed by atoms with Gasteiger partial charge in [0.15, 0.2) is 0 Å². The maximum absolute atomic E-state index is 12.2. The lowest BCUT2D eigenvalue weighted by molar-refractivity contribution is -0.126. The molecule has 0 atom stereocenters. The monoisotopic (exact) mass is 258 g/mol. The lowest BCUT2D eigenvalue weighted by Crippen LogP contribution is -2.40. The maximum Gasteiger partial charge on any atom is 0.244 e. The van der Waals surface area contributed by atoms with E-state index < -0.39 is 5.41 Å². The van der Waals surface area contributed by atoms with Gasteiger partial charge in [-0.05, 0) is 56.4 Å². The average Bonchev–Trinajstić information content (AvgIpc) is 2.35. The summed E-state index contributed by atoms with van der Waals surface area (Å²) in [7, 11) is 1.62. The van der Waals surface area contributed by atoms with Crippen molar-refractivity contribution in [3.05, 3.63) is 23.3 Å². The van der Waals surface area contributed by atoms with E-state index in [2.05, 4.69) is 11.4 Å². The van der Waals surface area contributed by atoms with Gasteiger partial charge in [-0.3, -0.25) is 4.79 Å². The van der Waals surface area contributed by atoms with Crippen LogP contribution in [0.3, 0.4) is 0 Å². The SMILES string of the molecule is COc1ccc(NC(=O)C2(C#N)CCC2)c(C)c1C. The first kappa shape index (κ1) is 13.4. The minimum Gasteiger partial charge on any atom is -0.496 e. The van der Waals surface area contributed by atoms with Crippen molar-refractivity contribution in [3.63, 3.8) is 0 Å². The lowest BCUT2D eigenvalue weighted by atomic mass is 9.69. The number of nitrogens with one attached hydrogen (secondary N) is 1. The largest absolute Gasteiger partial charge is 0.496 e. The molecule has 0 aromatic heterocycles. The Balaban J connectivity index is 2.23. The maximum atomic E-state index is 12.2. The predicted molar refractivity (Wildman–Crippen MR) is 73.0 cm³/mol. The summed E-state index contributed by atoms with van der Waals surface area (Å²) in [5, 5.41) is 12.0. The van der Waals surface area contributed by atoms with Gasteiger partial charge in [0.2, 0.25) is 5.91 Å². The van der Waals surface area contributed by atoms with Crippen LogP contribution in [0.15, 0.2) is 12.1 Å². The molecule has 1 aliphatic carbocycles. The van der Waals surface area contributed by atoms with E-state index in [1.54, 1.807) is 7.11 Å². The van der Waals surface area contributed by atoms with Crippen molar-refractivity contribution in [2.45, 2.75) is 33.1 Å². The summed E-state index contributed by atoms with van der Waals surface area (Å²) in [5.74, 6) is 0.614. The summed E-state index contributed by atoms with van der Waals surface area (Å²) in [6.07, 6.45) is 2.26. The first-order chi connectivity index (χ1) is 9.04. The standard InChI is InChI=1S/C15H18N2O2/c1-10-11(2)13(19-3)6-5-12(10)17-14(18)15(9-16)7-4-8-15/h5-6H,4,7-8H2,1-3H3,(H,17,18). The van der Waals surface area contributed by atoms with E-state index in [-0.39, 0.29) is 5.91 Å². The first-order valence-corrected chi connectivity index (χ1v) is 6.41. The van der Waals surface area contributed by atoms with Crippen LogP contribution >= 0.6 is 0 Å². The van der Waals surface area contributed by atoms with Crippen LogP contribution < -0.4 is 10.1 Å². The Bertz CT molecular complexity index is 554. The molecule has 1 amide bonds. The number of ether oxygens (including phenoxy) is 1. The summed E-state index contributed by atoms with van der Waals surface area (Å²) < 4.78 is 5.24. The number of nitrogens with zero attached hydrogens (tertiary/aromatic N) is 1. The number of carbonyl (C=O) groups is 1. The van der Waals surface area contributed by atoms with Gasteiger partial charge in [0.1, 0.15) is 11.2 Å². The highest BCUT2D eigenvalue weighted by atomic mass is 16.5. The molecule has 0 radical (unpaired) electrons. The second-order valence-electron chi connectivity index (χ2n) is 5.07. The molecule has 1 aromatic rings. The van der Waals surface area contributed by atoms with Crippen LogP contribution in [-0.2, 0) is 4.79 Å². The van der Waals surface area contributed by atoms with Crippen molar-refractivity contribution in [3.8, 4) is 11.8 Å². The highest BCUT2D eigenvalue weighted by Crippen LogP contribution is 2.41. The fourth-order valence-electron chi connectivity index (χ4n) is 2.31. The summed E-state index contributed by atoms with van der Waals surface area (Å²) in [5.41, 5.74) is 1.91. The predicted octanol–water partition coefficient (Wildman–Crippen LogP) is 2.94. The highest BCUT2D eigenvalue weighted by molar-refractivity contribution is 5.98. The van der Waals surface area contributed by atoms with E-state index in [0.29, 0.717) is 12.8 Å². The lowest BCUT2D eigenvalue weighted by Gasteiger charge is -2.33. The fraction of sp³-hybridized carbons (Fsp3) is 0.467. The summed E-state index contributed by atoms with van der Waals surface area (Å²) in [6.45, 7) is 3.89. The van der Waals surface area contributed by atoms with Crippen LogP contribution in [0.1, 0.15) is 30.4 Å². The number of hydrogen-bond donors (Lipinski definition) is 1. The van der Waals surface area contributed by atoms with Gasteiger partial charge < -0.3 is 10.1 Å². The zero-order chi connectivity index (χ0) is 14.0. The molecule has 1 aromatic carbocycles. The second kappa shape index (κ2) is 4.93. The Morgan fingerprint density at radius 2 is 2.05 bits per heavy atom. The molecule has 4 heteroatoms. The topological polar surface area (TPSA) is 62.1 Å². The minimum absolute atomic E-state index is 0.186. The quantitative estimate of drug-likeness (QED) is 0.906. The minimum atomic E-state index is -0.819. The van der Waals surface area contributed by atoms with E-state index in [1.807, 2.05) is 26.0 Å². The van der Waals surface area contributed by atoms with E-state index in [9.17, 15) is 4.79 Å². The molecule has 2 rings (SSSR count). The molecule has 1 saturated carbocycles. The summed E-state index contributed by atoms with van der Waals surface area (Å²) >= 11 is 0. The fourth-order valence-corrected chi connectivity index (χ4v) is 2.31. The molecule has 0 aliphatic heterocycles. The molecular weight excluding hydrogens is 240 g/mol. The van der Waals surface area contributed by atoms with E-state index in [4.69, 9.17) is 10.00 Å².